The minimum absolute atomic E-state index is 0.396. The van der Waals surface area contributed by atoms with Crippen LogP contribution in [0.2, 0.25) is 0 Å². The second-order valence-corrected chi connectivity index (χ2v) is 3.44. The molecule has 1 atom stereocenters. The SMILES string of the molecule is CC(O)N1CCN(C)C1=[N+](C)C. The second-order valence-electron chi connectivity index (χ2n) is 3.44. The Kier molecular flexibility index (Phi) is 2.57. The van der Waals surface area contributed by atoms with Gasteiger partial charge in [0.2, 0.25) is 0 Å². The molecule has 0 saturated carbocycles. The molecule has 1 aliphatic heterocycles. The molecule has 4 nitrogen and oxygen atoms in total. The molecule has 1 aliphatic rings. The maximum absolute atomic E-state index is 9.44. The van der Waals surface area contributed by atoms with E-state index in [1.165, 1.54) is 0 Å². The molecule has 0 radical (unpaired) electrons. The van der Waals surface area contributed by atoms with Crippen LogP contribution >= 0.6 is 0 Å². The number of hydrogen-bond donors (Lipinski definition) is 1. The van der Waals surface area contributed by atoms with Crippen LogP contribution in [0, 0.1) is 0 Å². The number of hydrogen-bond acceptors (Lipinski definition) is 1. The molecule has 1 unspecified atom stereocenters. The van der Waals surface area contributed by atoms with Crippen molar-refractivity contribution in [2.45, 2.75) is 13.2 Å². The number of guanidine groups is 1. The van der Waals surface area contributed by atoms with Crippen molar-refractivity contribution < 1.29 is 9.68 Å². The Balaban J connectivity index is 2.86. The molecule has 0 bridgehead atoms. The molecule has 0 aromatic rings. The van der Waals surface area contributed by atoms with E-state index < -0.39 is 6.23 Å². The third-order valence-electron chi connectivity index (χ3n) is 2.13. The van der Waals surface area contributed by atoms with Crippen LogP contribution in [0.25, 0.3) is 0 Å². The van der Waals surface area contributed by atoms with Crippen molar-refractivity contribution >= 4 is 5.96 Å². The molecule has 1 fully saturated rings. The Morgan fingerprint density at radius 2 is 2.00 bits per heavy atom. The average molecular weight is 172 g/mol. The molecule has 12 heavy (non-hydrogen) atoms. The number of rotatable bonds is 1. The first-order chi connectivity index (χ1) is 5.54. The van der Waals surface area contributed by atoms with Gasteiger partial charge in [0, 0.05) is 0 Å². The molecule has 1 rings (SSSR count). The highest BCUT2D eigenvalue weighted by Crippen LogP contribution is 2.08. The maximum Gasteiger partial charge on any atom is 0.352 e. The van der Waals surface area contributed by atoms with Gasteiger partial charge in [-0.25, -0.2) is 4.90 Å². The van der Waals surface area contributed by atoms with Crippen LogP contribution in [-0.2, 0) is 0 Å². The van der Waals surface area contributed by atoms with Crippen LogP contribution in [0.4, 0.5) is 0 Å². The van der Waals surface area contributed by atoms with Gasteiger partial charge < -0.3 is 5.11 Å². The van der Waals surface area contributed by atoms with E-state index in [1.807, 2.05) is 30.6 Å². The molecule has 4 heteroatoms. The molecule has 1 saturated heterocycles. The highest BCUT2D eigenvalue weighted by molar-refractivity contribution is 5.77. The van der Waals surface area contributed by atoms with Crippen LogP contribution in [0.1, 0.15) is 6.92 Å². The van der Waals surface area contributed by atoms with Crippen LogP contribution in [-0.4, -0.2) is 65.9 Å². The monoisotopic (exact) mass is 172 g/mol. The lowest BCUT2D eigenvalue weighted by atomic mass is 10.5. The zero-order valence-electron chi connectivity index (χ0n) is 8.28. The van der Waals surface area contributed by atoms with E-state index >= 15 is 0 Å². The van der Waals surface area contributed by atoms with Crippen molar-refractivity contribution in [2.24, 2.45) is 0 Å². The van der Waals surface area contributed by atoms with Crippen molar-refractivity contribution in [3.8, 4) is 0 Å². The van der Waals surface area contributed by atoms with E-state index in [0.717, 1.165) is 19.0 Å². The summed E-state index contributed by atoms with van der Waals surface area (Å²) in [5.41, 5.74) is 0. The second kappa shape index (κ2) is 3.31. The third kappa shape index (κ3) is 1.53. The highest BCUT2D eigenvalue weighted by Gasteiger charge is 2.34. The fourth-order valence-electron chi connectivity index (χ4n) is 1.63. The fourth-order valence-corrected chi connectivity index (χ4v) is 1.63. The first-order valence-corrected chi connectivity index (χ1v) is 4.24. The summed E-state index contributed by atoms with van der Waals surface area (Å²) in [4.78, 5) is 4.13. The summed E-state index contributed by atoms with van der Waals surface area (Å²) in [5, 5.41) is 9.44. The van der Waals surface area contributed by atoms with E-state index in [0.29, 0.717) is 0 Å². The van der Waals surface area contributed by atoms with Crippen LogP contribution in [0.15, 0.2) is 0 Å². The Labute approximate surface area is 73.7 Å². The van der Waals surface area contributed by atoms with Gasteiger partial charge in [0.25, 0.3) is 0 Å². The Morgan fingerprint density at radius 1 is 1.42 bits per heavy atom. The van der Waals surface area contributed by atoms with Gasteiger partial charge in [0.15, 0.2) is 6.23 Å². The lowest BCUT2D eigenvalue weighted by Gasteiger charge is -2.17. The number of nitrogens with zero attached hydrogens (tertiary/aromatic N) is 3. The predicted molar refractivity (Wildman–Crippen MR) is 48.1 cm³/mol. The van der Waals surface area contributed by atoms with Gasteiger partial charge in [-0.15, -0.1) is 0 Å². The van der Waals surface area contributed by atoms with Gasteiger partial charge in [0.1, 0.15) is 0 Å². The van der Waals surface area contributed by atoms with Crippen molar-refractivity contribution in [1.82, 2.24) is 9.80 Å². The molecule has 0 aromatic carbocycles. The first kappa shape index (κ1) is 9.32. The minimum atomic E-state index is -0.396. The molecule has 1 heterocycles. The number of aliphatic hydroxyl groups excluding tert-OH is 1. The Morgan fingerprint density at radius 3 is 2.33 bits per heavy atom. The zero-order chi connectivity index (χ0) is 9.30. The van der Waals surface area contributed by atoms with Crippen LogP contribution in [0.5, 0.6) is 0 Å². The van der Waals surface area contributed by atoms with E-state index in [1.54, 1.807) is 6.92 Å². The summed E-state index contributed by atoms with van der Waals surface area (Å²) in [6.07, 6.45) is -0.396. The highest BCUT2D eigenvalue weighted by atomic mass is 16.3. The van der Waals surface area contributed by atoms with E-state index in [-0.39, 0.29) is 0 Å². The van der Waals surface area contributed by atoms with Crippen molar-refractivity contribution in [1.29, 1.82) is 0 Å². The van der Waals surface area contributed by atoms with Gasteiger partial charge >= 0.3 is 5.96 Å². The lowest BCUT2D eigenvalue weighted by molar-refractivity contribution is -0.475. The van der Waals surface area contributed by atoms with Crippen molar-refractivity contribution in [2.75, 3.05) is 34.2 Å². The number of aliphatic hydroxyl groups is 1. The molecule has 0 spiro atoms. The maximum atomic E-state index is 9.44. The fraction of sp³-hybridized carbons (Fsp3) is 0.875. The van der Waals surface area contributed by atoms with Crippen LogP contribution in [0.3, 0.4) is 0 Å². The number of likely N-dealkylation sites (N-methyl/N-ethyl adjacent to an activating group) is 1. The summed E-state index contributed by atoms with van der Waals surface area (Å²) in [7, 11) is 6.02. The topological polar surface area (TPSA) is 29.7 Å². The molecular weight excluding hydrogens is 154 g/mol. The summed E-state index contributed by atoms with van der Waals surface area (Å²) in [6.45, 7) is 3.68. The van der Waals surface area contributed by atoms with Gasteiger partial charge in [-0.1, -0.05) is 0 Å². The van der Waals surface area contributed by atoms with Crippen molar-refractivity contribution in [3.63, 3.8) is 0 Å². The van der Waals surface area contributed by atoms with Gasteiger partial charge in [-0.3, -0.25) is 9.48 Å². The normalized spacial score (nSPS) is 20.2. The zero-order valence-corrected chi connectivity index (χ0v) is 8.28. The molecule has 0 amide bonds. The molecular formula is C8H18N3O+. The van der Waals surface area contributed by atoms with E-state index in [4.69, 9.17) is 0 Å². The Hall–Kier alpha value is -0.770. The first-order valence-electron chi connectivity index (χ1n) is 4.24. The van der Waals surface area contributed by atoms with Crippen LogP contribution < -0.4 is 0 Å². The molecule has 1 N–H and O–H groups in total. The average Bonchev–Trinajstić information content (AvgIpc) is 2.30. The summed E-state index contributed by atoms with van der Waals surface area (Å²) < 4.78 is 2.03. The van der Waals surface area contributed by atoms with Gasteiger partial charge in [-0.05, 0) is 6.92 Å². The smallest absolute Gasteiger partial charge is 0.352 e. The summed E-state index contributed by atoms with van der Waals surface area (Å²) in [6, 6.07) is 0. The van der Waals surface area contributed by atoms with Gasteiger partial charge in [0.05, 0.1) is 34.2 Å². The minimum Gasteiger partial charge on any atom is -0.361 e. The summed E-state index contributed by atoms with van der Waals surface area (Å²) in [5.74, 6) is 1.09. The summed E-state index contributed by atoms with van der Waals surface area (Å²) >= 11 is 0. The van der Waals surface area contributed by atoms with E-state index in [2.05, 4.69) is 4.90 Å². The van der Waals surface area contributed by atoms with Crippen molar-refractivity contribution in [3.05, 3.63) is 0 Å². The molecule has 70 valence electrons. The third-order valence-corrected chi connectivity index (χ3v) is 2.13. The predicted octanol–water partition coefficient (Wildman–Crippen LogP) is -0.800. The Bertz CT molecular complexity index is 196. The standard InChI is InChI=1S/C8H18N3O/c1-7(12)11-6-5-10(4)8(11)9(2)3/h7,12H,5-6H2,1-4H3/q+1. The largest absolute Gasteiger partial charge is 0.361 e. The molecule has 0 aromatic heterocycles. The quantitative estimate of drug-likeness (QED) is 0.525. The lowest BCUT2D eigenvalue weighted by Crippen LogP contribution is -2.42. The van der Waals surface area contributed by atoms with E-state index in [9.17, 15) is 5.11 Å². The van der Waals surface area contributed by atoms with Gasteiger partial charge in [-0.2, -0.15) is 0 Å². The molecule has 0 aliphatic carbocycles.